The average molecular weight is 250 g/mol. The number of hydrogen-bond donors (Lipinski definition) is 2. The highest BCUT2D eigenvalue weighted by atomic mass is 16.4. The van der Waals surface area contributed by atoms with Crippen LogP contribution >= 0.6 is 0 Å². The number of anilines is 1. The van der Waals surface area contributed by atoms with Crippen LogP contribution in [0.15, 0.2) is 4.42 Å². The fourth-order valence-corrected chi connectivity index (χ4v) is 1.75. The number of aryl methyl sites for hydroxylation is 1. The number of rotatable bonds is 3. The van der Waals surface area contributed by atoms with Crippen LogP contribution in [-0.4, -0.2) is 53.2 Å². The smallest absolute Gasteiger partial charge is 0.322 e. The van der Waals surface area contributed by atoms with E-state index >= 15 is 0 Å². The van der Waals surface area contributed by atoms with Crippen LogP contribution in [0.4, 0.5) is 6.01 Å². The summed E-state index contributed by atoms with van der Waals surface area (Å²) in [6.07, 6.45) is 0. The average Bonchev–Trinajstić information content (AvgIpc) is 2.75. The molecule has 0 saturated carbocycles. The minimum absolute atomic E-state index is 0.0844. The molecule has 8 nitrogen and oxygen atoms in total. The van der Waals surface area contributed by atoms with Crippen LogP contribution in [0.5, 0.6) is 0 Å². The van der Waals surface area contributed by atoms with Gasteiger partial charge in [-0.3, -0.25) is 15.0 Å². The Labute approximate surface area is 104 Å². The zero-order valence-electron chi connectivity index (χ0n) is 10.0. The first-order valence-electron chi connectivity index (χ1n) is 5.63. The van der Waals surface area contributed by atoms with Crippen molar-refractivity contribution < 1.29 is 9.21 Å². The molecule has 1 atom stereocenters. The SMILES string of the molecule is Cc1nnc(NC(=O)CN2CCNCC2C#N)o1. The molecule has 0 bridgehead atoms. The van der Waals surface area contributed by atoms with Gasteiger partial charge in [0.1, 0.15) is 6.04 Å². The van der Waals surface area contributed by atoms with Crippen molar-refractivity contribution in [3.63, 3.8) is 0 Å². The summed E-state index contributed by atoms with van der Waals surface area (Å²) < 4.78 is 5.05. The van der Waals surface area contributed by atoms with Crippen LogP contribution in [-0.2, 0) is 4.79 Å². The second kappa shape index (κ2) is 5.57. The van der Waals surface area contributed by atoms with E-state index in [1.165, 1.54) is 0 Å². The van der Waals surface area contributed by atoms with Crippen molar-refractivity contribution in [3.8, 4) is 6.07 Å². The van der Waals surface area contributed by atoms with Gasteiger partial charge in [-0.25, -0.2) is 0 Å². The van der Waals surface area contributed by atoms with Crippen LogP contribution in [0.2, 0.25) is 0 Å². The van der Waals surface area contributed by atoms with E-state index in [0.717, 1.165) is 6.54 Å². The predicted octanol–water partition coefficient (Wildman–Crippen LogP) is -0.886. The highest BCUT2D eigenvalue weighted by molar-refractivity contribution is 5.90. The number of nitrogens with one attached hydrogen (secondary N) is 2. The van der Waals surface area contributed by atoms with Gasteiger partial charge in [-0.15, -0.1) is 5.10 Å². The van der Waals surface area contributed by atoms with Crippen LogP contribution in [0.1, 0.15) is 5.89 Å². The molecular weight excluding hydrogens is 236 g/mol. The minimum atomic E-state index is -0.283. The summed E-state index contributed by atoms with van der Waals surface area (Å²) >= 11 is 0. The number of nitrogens with zero attached hydrogens (tertiary/aromatic N) is 4. The van der Waals surface area contributed by atoms with Crippen molar-refractivity contribution in [1.29, 1.82) is 5.26 Å². The number of hydrogen-bond acceptors (Lipinski definition) is 7. The molecule has 1 aromatic heterocycles. The summed E-state index contributed by atoms with van der Waals surface area (Å²) in [6.45, 7) is 3.79. The second-order valence-corrected chi connectivity index (χ2v) is 3.99. The third-order valence-corrected chi connectivity index (χ3v) is 2.62. The molecule has 0 aromatic carbocycles. The van der Waals surface area contributed by atoms with Gasteiger partial charge in [0.15, 0.2) is 0 Å². The second-order valence-electron chi connectivity index (χ2n) is 3.99. The summed E-state index contributed by atoms with van der Waals surface area (Å²) in [5.41, 5.74) is 0. The van der Waals surface area contributed by atoms with Gasteiger partial charge in [0.25, 0.3) is 0 Å². The van der Waals surface area contributed by atoms with E-state index in [4.69, 9.17) is 9.68 Å². The third-order valence-electron chi connectivity index (χ3n) is 2.62. The maximum Gasteiger partial charge on any atom is 0.322 e. The number of nitriles is 1. The quantitative estimate of drug-likeness (QED) is 0.716. The van der Waals surface area contributed by atoms with Crippen LogP contribution < -0.4 is 10.6 Å². The Kier molecular flexibility index (Phi) is 3.86. The molecule has 1 saturated heterocycles. The lowest BCUT2D eigenvalue weighted by molar-refractivity contribution is -0.117. The summed E-state index contributed by atoms with van der Waals surface area (Å²) in [5.74, 6) is 0.128. The lowest BCUT2D eigenvalue weighted by Crippen LogP contribution is -2.52. The maximum atomic E-state index is 11.7. The molecule has 0 spiro atoms. The zero-order valence-corrected chi connectivity index (χ0v) is 10.0. The van der Waals surface area contributed by atoms with Gasteiger partial charge in [-0.2, -0.15) is 5.26 Å². The van der Waals surface area contributed by atoms with Crippen molar-refractivity contribution in [1.82, 2.24) is 20.4 Å². The third kappa shape index (κ3) is 3.03. The van der Waals surface area contributed by atoms with E-state index in [-0.39, 0.29) is 24.5 Å². The molecular formula is C10H14N6O2. The van der Waals surface area contributed by atoms with Gasteiger partial charge in [0.2, 0.25) is 11.8 Å². The van der Waals surface area contributed by atoms with Crippen molar-refractivity contribution in [2.24, 2.45) is 0 Å². The van der Waals surface area contributed by atoms with Crippen LogP contribution in [0, 0.1) is 18.3 Å². The van der Waals surface area contributed by atoms with Crippen molar-refractivity contribution in [2.45, 2.75) is 13.0 Å². The molecule has 8 heteroatoms. The molecule has 2 rings (SSSR count). The van der Waals surface area contributed by atoms with Gasteiger partial charge in [-0.1, -0.05) is 5.10 Å². The first-order valence-corrected chi connectivity index (χ1v) is 5.63. The van der Waals surface area contributed by atoms with E-state index in [0.29, 0.717) is 19.0 Å². The van der Waals surface area contributed by atoms with Gasteiger partial charge < -0.3 is 9.73 Å². The van der Waals surface area contributed by atoms with Gasteiger partial charge in [-0.05, 0) is 0 Å². The van der Waals surface area contributed by atoms with E-state index in [2.05, 4.69) is 26.9 Å². The lowest BCUT2D eigenvalue weighted by Gasteiger charge is -2.30. The van der Waals surface area contributed by atoms with E-state index in [1.807, 2.05) is 4.90 Å². The fourth-order valence-electron chi connectivity index (χ4n) is 1.75. The molecule has 2 N–H and O–H groups in total. The highest BCUT2D eigenvalue weighted by Gasteiger charge is 2.24. The predicted molar refractivity (Wildman–Crippen MR) is 61.5 cm³/mol. The molecule has 0 radical (unpaired) electrons. The topological polar surface area (TPSA) is 107 Å². The van der Waals surface area contributed by atoms with Crippen LogP contribution in [0.3, 0.4) is 0 Å². The Bertz CT molecular complexity index is 465. The van der Waals surface area contributed by atoms with E-state index in [1.54, 1.807) is 6.92 Å². The lowest BCUT2D eigenvalue weighted by atomic mass is 10.2. The number of piperazine rings is 1. The van der Waals surface area contributed by atoms with Gasteiger partial charge in [0.05, 0.1) is 12.6 Å². The molecule has 1 amide bonds. The Morgan fingerprint density at radius 3 is 3.22 bits per heavy atom. The molecule has 1 unspecified atom stereocenters. The Morgan fingerprint density at radius 2 is 2.56 bits per heavy atom. The Hall–Kier alpha value is -1.98. The largest absolute Gasteiger partial charge is 0.408 e. The van der Waals surface area contributed by atoms with E-state index in [9.17, 15) is 4.79 Å². The van der Waals surface area contributed by atoms with Gasteiger partial charge in [0, 0.05) is 26.6 Å². The van der Waals surface area contributed by atoms with Gasteiger partial charge >= 0.3 is 6.01 Å². The highest BCUT2D eigenvalue weighted by Crippen LogP contribution is 2.05. The molecule has 1 aromatic rings. The standard InChI is InChI=1S/C10H14N6O2/c1-7-14-15-10(18-7)13-9(17)6-16-3-2-12-5-8(16)4-11/h8,12H,2-3,5-6H2,1H3,(H,13,15,17). The first kappa shape index (κ1) is 12.5. The fraction of sp³-hybridized carbons (Fsp3) is 0.600. The van der Waals surface area contributed by atoms with Crippen molar-refractivity contribution >= 4 is 11.9 Å². The summed E-state index contributed by atoms with van der Waals surface area (Å²) in [4.78, 5) is 13.6. The zero-order chi connectivity index (χ0) is 13.0. The first-order chi connectivity index (χ1) is 8.69. The summed E-state index contributed by atoms with van der Waals surface area (Å²) in [6, 6.07) is 1.96. The maximum absolute atomic E-state index is 11.7. The normalized spacial score (nSPS) is 20.3. The minimum Gasteiger partial charge on any atom is -0.408 e. The molecule has 1 aliphatic heterocycles. The summed E-state index contributed by atoms with van der Waals surface area (Å²) in [5, 5.41) is 21.9. The molecule has 1 aliphatic rings. The number of amides is 1. The Balaban J connectivity index is 1.88. The number of carbonyl (C=O) groups excluding carboxylic acids is 1. The monoisotopic (exact) mass is 250 g/mol. The molecule has 0 aliphatic carbocycles. The molecule has 96 valence electrons. The number of aromatic nitrogens is 2. The Morgan fingerprint density at radius 1 is 1.72 bits per heavy atom. The molecule has 2 heterocycles. The van der Waals surface area contributed by atoms with Crippen LogP contribution in [0.25, 0.3) is 0 Å². The van der Waals surface area contributed by atoms with E-state index < -0.39 is 0 Å². The van der Waals surface area contributed by atoms with Crippen molar-refractivity contribution in [3.05, 3.63) is 5.89 Å². The van der Waals surface area contributed by atoms with Crippen molar-refractivity contribution in [2.75, 3.05) is 31.5 Å². The molecule has 18 heavy (non-hydrogen) atoms. The summed E-state index contributed by atoms with van der Waals surface area (Å²) in [7, 11) is 0. The number of carbonyl (C=O) groups is 1. The molecule has 1 fully saturated rings.